The molecule has 0 amide bonds. The van der Waals surface area contributed by atoms with Gasteiger partial charge in [-0.25, -0.2) is 0 Å². The van der Waals surface area contributed by atoms with Gasteiger partial charge in [-0.2, -0.15) is 0 Å². The van der Waals surface area contributed by atoms with Crippen LogP contribution in [0.25, 0.3) is 0 Å². The molecule has 4 nitrogen and oxygen atoms in total. The van der Waals surface area contributed by atoms with Crippen molar-refractivity contribution in [3.63, 3.8) is 0 Å². The Morgan fingerprint density at radius 1 is 1.10 bits per heavy atom. The molecule has 0 aliphatic heterocycles. The van der Waals surface area contributed by atoms with Gasteiger partial charge in [-0.15, -0.1) is 0 Å². The minimum Gasteiger partial charge on any atom is -0.493 e. The lowest BCUT2D eigenvalue weighted by Gasteiger charge is -2.15. The maximum atomic E-state index is 8.60. The third-order valence-corrected chi connectivity index (χ3v) is 3.12. The molecule has 0 bridgehead atoms. The molecule has 1 rings (SSSR count). The summed E-state index contributed by atoms with van der Waals surface area (Å²) in [6.07, 6.45) is 0.944. The molecule has 0 aliphatic carbocycles. The first-order valence-corrected chi connectivity index (χ1v) is 7.78. The van der Waals surface area contributed by atoms with E-state index in [0.717, 1.165) is 25.3 Å². The Morgan fingerprint density at radius 2 is 1.81 bits per heavy atom. The second-order valence-electron chi connectivity index (χ2n) is 5.64. The lowest BCUT2D eigenvalue weighted by Crippen LogP contribution is -2.21. The Morgan fingerprint density at radius 3 is 2.43 bits per heavy atom. The van der Waals surface area contributed by atoms with Gasteiger partial charge in [0.05, 0.1) is 19.8 Å². The van der Waals surface area contributed by atoms with Crippen LogP contribution >= 0.6 is 0 Å². The van der Waals surface area contributed by atoms with Crippen LogP contribution in [-0.4, -0.2) is 38.1 Å². The van der Waals surface area contributed by atoms with Crippen molar-refractivity contribution in [2.75, 3.05) is 33.0 Å². The fraction of sp³-hybridized carbons (Fsp3) is 0.647. The van der Waals surface area contributed by atoms with Crippen molar-refractivity contribution in [2.24, 2.45) is 5.92 Å². The second-order valence-corrected chi connectivity index (χ2v) is 5.64. The molecule has 0 saturated carbocycles. The number of aliphatic hydroxyl groups is 1. The molecule has 1 aromatic rings. The van der Waals surface area contributed by atoms with Crippen LogP contribution in [0, 0.1) is 5.92 Å². The van der Waals surface area contributed by atoms with Crippen molar-refractivity contribution in [3.8, 4) is 5.75 Å². The van der Waals surface area contributed by atoms with E-state index >= 15 is 0 Å². The number of rotatable bonds is 11. The molecule has 0 radical (unpaired) electrons. The first-order chi connectivity index (χ1) is 10.1. The van der Waals surface area contributed by atoms with Crippen molar-refractivity contribution in [1.29, 1.82) is 0 Å². The van der Waals surface area contributed by atoms with E-state index in [1.54, 1.807) is 0 Å². The van der Waals surface area contributed by atoms with Crippen molar-refractivity contribution in [2.45, 2.75) is 33.2 Å². The summed E-state index contributed by atoms with van der Waals surface area (Å²) in [5.74, 6) is 1.47. The number of hydrogen-bond donors (Lipinski definition) is 2. The summed E-state index contributed by atoms with van der Waals surface area (Å²) in [5.41, 5.74) is 1.25. The van der Waals surface area contributed by atoms with Crippen LogP contribution < -0.4 is 10.1 Å². The number of hydrogen-bond acceptors (Lipinski definition) is 4. The smallest absolute Gasteiger partial charge is 0.119 e. The van der Waals surface area contributed by atoms with Gasteiger partial charge in [-0.3, -0.25) is 0 Å². The van der Waals surface area contributed by atoms with Gasteiger partial charge < -0.3 is 19.9 Å². The average Bonchev–Trinajstić information content (AvgIpc) is 2.49. The Bertz CT molecular complexity index is 365. The number of aliphatic hydroxyl groups excluding tert-OH is 1. The molecular weight excluding hydrogens is 266 g/mol. The standard InChI is InChI=1S/C17H29NO3/c1-14(2)13-21-17-7-5-16(6-8-17)15(3)18-9-4-11-20-12-10-19/h5-8,14-15,18-19H,4,9-13H2,1-3H3. The molecule has 0 fully saturated rings. The maximum Gasteiger partial charge on any atom is 0.119 e. The molecule has 21 heavy (non-hydrogen) atoms. The summed E-state index contributed by atoms with van der Waals surface area (Å²) < 4.78 is 10.9. The van der Waals surface area contributed by atoms with Crippen molar-refractivity contribution >= 4 is 0 Å². The lowest BCUT2D eigenvalue weighted by atomic mass is 10.1. The molecule has 2 N–H and O–H groups in total. The second kappa shape index (κ2) is 10.6. The van der Waals surface area contributed by atoms with Crippen LogP contribution in [0.2, 0.25) is 0 Å². The third-order valence-electron chi connectivity index (χ3n) is 3.12. The third kappa shape index (κ3) is 8.05. The molecule has 1 atom stereocenters. The Labute approximate surface area is 128 Å². The monoisotopic (exact) mass is 295 g/mol. The molecule has 0 aliphatic rings. The van der Waals surface area contributed by atoms with E-state index in [1.165, 1.54) is 5.56 Å². The summed E-state index contributed by atoms with van der Waals surface area (Å²) in [4.78, 5) is 0. The molecule has 4 heteroatoms. The number of nitrogens with one attached hydrogen (secondary N) is 1. The highest BCUT2D eigenvalue weighted by Crippen LogP contribution is 2.18. The molecule has 1 unspecified atom stereocenters. The lowest BCUT2D eigenvalue weighted by molar-refractivity contribution is 0.0904. The van der Waals surface area contributed by atoms with Gasteiger partial charge in [-0.1, -0.05) is 26.0 Å². The number of ether oxygens (including phenoxy) is 2. The molecule has 0 heterocycles. The SMILES string of the molecule is CC(C)COc1ccc(C(C)NCCCOCCO)cc1. The highest BCUT2D eigenvalue weighted by atomic mass is 16.5. The zero-order valence-electron chi connectivity index (χ0n) is 13.5. The minimum atomic E-state index is 0.0923. The van der Waals surface area contributed by atoms with Gasteiger partial charge in [-0.05, 0) is 43.5 Å². The quantitative estimate of drug-likeness (QED) is 0.616. The summed E-state index contributed by atoms with van der Waals surface area (Å²) in [6.45, 7) is 9.29. The van der Waals surface area contributed by atoms with Gasteiger partial charge in [0.25, 0.3) is 0 Å². The van der Waals surface area contributed by atoms with E-state index in [2.05, 4.69) is 38.2 Å². The fourth-order valence-corrected chi connectivity index (χ4v) is 1.89. The largest absolute Gasteiger partial charge is 0.493 e. The van der Waals surface area contributed by atoms with Crippen LogP contribution in [-0.2, 0) is 4.74 Å². The van der Waals surface area contributed by atoms with Gasteiger partial charge in [0.15, 0.2) is 0 Å². The highest BCUT2D eigenvalue weighted by Gasteiger charge is 2.05. The summed E-state index contributed by atoms with van der Waals surface area (Å²) in [7, 11) is 0. The van der Waals surface area contributed by atoms with Crippen molar-refractivity contribution in [3.05, 3.63) is 29.8 Å². The molecule has 1 aromatic carbocycles. The van der Waals surface area contributed by atoms with E-state index in [9.17, 15) is 0 Å². The fourth-order valence-electron chi connectivity index (χ4n) is 1.89. The first-order valence-electron chi connectivity index (χ1n) is 7.78. The maximum absolute atomic E-state index is 8.60. The van der Waals surface area contributed by atoms with E-state index in [1.807, 2.05) is 12.1 Å². The van der Waals surface area contributed by atoms with Crippen LogP contribution in [0.15, 0.2) is 24.3 Å². The van der Waals surface area contributed by atoms with Crippen LogP contribution in [0.4, 0.5) is 0 Å². The van der Waals surface area contributed by atoms with Gasteiger partial charge in [0.2, 0.25) is 0 Å². The van der Waals surface area contributed by atoms with Crippen LogP contribution in [0.3, 0.4) is 0 Å². The van der Waals surface area contributed by atoms with Gasteiger partial charge in [0.1, 0.15) is 5.75 Å². The molecule has 0 spiro atoms. The Hall–Kier alpha value is -1.10. The Kier molecular flexibility index (Phi) is 9.06. The summed E-state index contributed by atoms with van der Waals surface area (Å²) >= 11 is 0. The van der Waals surface area contributed by atoms with Gasteiger partial charge in [0, 0.05) is 12.6 Å². The Balaban J connectivity index is 2.25. The normalized spacial score (nSPS) is 12.6. The zero-order valence-corrected chi connectivity index (χ0v) is 13.5. The van der Waals surface area contributed by atoms with E-state index < -0.39 is 0 Å². The summed E-state index contributed by atoms with van der Waals surface area (Å²) in [5, 5.41) is 12.1. The highest BCUT2D eigenvalue weighted by molar-refractivity contribution is 5.28. The summed E-state index contributed by atoms with van der Waals surface area (Å²) in [6, 6.07) is 8.58. The van der Waals surface area contributed by atoms with Crippen LogP contribution in [0.5, 0.6) is 5.75 Å². The molecule has 0 aromatic heterocycles. The number of benzene rings is 1. The zero-order chi connectivity index (χ0) is 15.5. The van der Waals surface area contributed by atoms with E-state index in [-0.39, 0.29) is 6.61 Å². The van der Waals surface area contributed by atoms with Crippen molar-refractivity contribution in [1.82, 2.24) is 5.32 Å². The molecule has 120 valence electrons. The predicted molar refractivity (Wildman–Crippen MR) is 85.7 cm³/mol. The van der Waals surface area contributed by atoms with Crippen LogP contribution in [0.1, 0.15) is 38.8 Å². The topological polar surface area (TPSA) is 50.7 Å². The van der Waals surface area contributed by atoms with E-state index in [0.29, 0.717) is 25.2 Å². The minimum absolute atomic E-state index is 0.0923. The average molecular weight is 295 g/mol. The first kappa shape index (κ1) is 18.0. The molecular formula is C17H29NO3. The van der Waals surface area contributed by atoms with E-state index in [4.69, 9.17) is 14.6 Å². The molecule has 0 saturated heterocycles. The van der Waals surface area contributed by atoms with Gasteiger partial charge >= 0.3 is 0 Å². The predicted octanol–water partition coefficient (Wildman–Crippen LogP) is 2.77. The van der Waals surface area contributed by atoms with Crippen molar-refractivity contribution < 1.29 is 14.6 Å².